The van der Waals surface area contributed by atoms with Gasteiger partial charge in [0.05, 0.1) is 19.0 Å². The van der Waals surface area contributed by atoms with Crippen molar-refractivity contribution in [3.8, 4) is 0 Å². The van der Waals surface area contributed by atoms with Crippen LogP contribution in [-0.4, -0.2) is 48.1 Å². The van der Waals surface area contributed by atoms with Crippen molar-refractivity contribution in [3.63, 3.8) is 0 Å². The van der Waals surface area contributed by atoms with Crippen molar-refractivity contribution in [3.05, 3.63) is 18.1 Å². The third-order valence-corrected chi connectivity index (χ3v) is 2.20. The first-order valence-electron chi connectivity index (χ1n) is 6.33. The molecule has 0 spiro atoms. The van der Waals surface area contributed by atoms with Crippen LogP contribution in [0.1, 0.15) is 23.8 Å². The fourth-order valence-electron chi connectivity index (χ4n) is 1.31. The van der Waals surface area contributed by atoms with Gasteiger partial charge in [-0.05, 0) is 6.42 Å². The largest absolute Gasteiger partial charge is 0.370 e. The Kier molecular flexibility index (Phi) is 6.97. The standard InChI is InChI=1S/C12H19N5O3/c1-2-3-15-11-7-14-6-9(17-11)12(19)16-4-5-20-8-10(13)18/h6-7H,2-5,8H2,1H3,(H2,13,18)(H,15,17)(H,16,19). The second kappa shape index (κ2) is 8.81. The Morgan fingerprint density at radius 2 is 2.15 bits per heavy atom. The molecule has 0 saturated carbocycles. The number of carbonyl (C=O) groups excluding carboxylic acids is 2. The summed E-state index contributed by atoms with van der Waals surface area (Å²) >= 11 is 0. The number of aromatic nitrogens is 2. The van der Waals surface area contributed by atoms with E-state index in [1.807, 2.05) is 6.92 Å². The summed E-state index contributed by atoms with van der Waals surface area (Å²) in [6.45, 7) is 3.10. The maximum Gasteiger partial charge on any atom is 0.271 e. The molecule has 4 N–H and O–H groups in total. The van der Waals surface area contributed by atoms with Gasteiger partial charge in [0.1, 0.15) is 18.1 Å². The molecule has 0 fully saturated rings. The molecule has 8 nitrogen and oxygen atoms in total. The van der Waals surface area contributed by atoms with E-state index in [1.165, 1.54) is 6.20 Å². The number of nitrogens with one attached hydrogen (secondary N) is 2. The van der Waals surface area contributed by atoms with Crippen molar-refractivity contribution >= 4 is 17.6 Å². The minimum atomic E-state index is -0.545. The SMILES string of the molecule is CCCNc1cncc(C(=O)NCCOCC(N)=O)n1. The fraction of sp³-hybridized carbons (Fsp3) is 0.500. The van der Waals surface area contributed by atoms with E-state index in [9.17, 15) is 9.59 Å². The van der Waals surface area contributed by atoms with Crippen molar-refractivity contribution in [2.75, 3.05) is 31.6 Å². The molecule has 1 aromatic heterocycles. The number of nitrogens with two attached hydrogens (primary N) is 1. The monoisotopic (exact) mass is 281 g/mol. The number of primary amides is 1. The Labute approximate surface area is 117 Å². The molecule has 0 saturated heterocycles. The molecular formula is C12H19N5O3. The van der Waals surface area contributed by atoms with Crippen LogP contribution in [-0.2, 0) is 9.53 Å². The van der Waals surface area contributed by atoms with Gasteiger partial charge in [0.2, 0.25) is 5.91 Å². The van der Waals surface area contributed by atoms with Crippen molar-refractivity contribution in [2.24, 2.45) is 5.73 Å². The van der Waals surface area contributed by atoms with Gasteiger partial charge >= 0.3 is 0 Å². The van der Waals surface area contributed by atoms with Crippen LogP contribution in [0.5, 0.6) is 0 Å². The molecule has 1 heterocycles. The normalized spacial score (nSPS) is 10.1. The zero-order valence-corrected chi connectivity index (χ0v) is 11.4. The van der Waals surface area contributed by atoms with Gasteiger partial charge in [-0.3, -0.25) is 14.6 Å². The molecule has 110 valence electrons. The molecule has 0 atom stereocenters. The van der Waals surface area contributed by atoms with Crippen LogP contribution in [0.2, 0.25) is 0 Å². The van der Waals surface area contributed by atoms with Crippen molar-refractivity contribution in [1.29, 1.82) is 0 Å². The quantitative estimate of drug-likeness (QED) is 0.526. The summed E-state index contributed by atoms with van der Waals surface area (Å²) < 4.78 is 4.92. The van der Waals surface area contributed by atoms with Crippen LogP contribution in [0.4, 0.5) is 5.82 Å². The molecule has 1 aromatic rings. The number of carbonyl (C=O) groups is 2. The Bertz CT molecular complexity index is 452. The Balaban J connectivity index is 2.37. The van der Waals surface area contributed by atoms with E-state index in [0.29, 0.717) is 5.82 Å². The Morgan fingerprint density at radius 3 is 2.85 bits per heavy atom. The van der Waals surface area contributed by atoms with Gasteiger partial charge in [-0.1, -0.05) is 6.92 Å². The predicted molar refractivity (Wildman–Crippen MR) is 73.2 cm³/mol. The summed E-state index contributed by atoms with van der Waals surface area (Å²) in [7, 11) is 0. The highest BCUT2D eigenvalue weighted by Gasteiger charge is 2.08. The zero-order chi connectivity index (χ0) is 14.8. The summed E-state index contributed by atoms with van der Waals surface area (Å²) in [5.74, 6) is -0.332. The van der Waals surface area contributed by atoms with Gasteiger partial charge < -0.3 is 21.1 Å². The highest BCUT2D eigenvalue weighted by Crippen LogP contribution is 2.02. The first kappa shape index (κ1) is 15.8. The van der Waals surface area contributed by atoms with Gasteiger partial charge in [0.15, 0.2) is 0 Å². The molecule has 0 aliphatic rings. The maximum atomic E-state index is 11.8. The highest BCUT2D eigenvalue weighted by atomic mass is 16.5. The number of ether oxygens (including phenoxy) is 1. The van der Waals surface area contributed by atoms with Crippen molar-refractivity contribution in [2.45, 2.75) is 13.3 Å². The van der Waals surface area contributed by atoms with Crippen LogP contribution >= 0.6 is 0 Å². The summed E-state index contributed by atoms with van der Waals surface area (Å²) in [6.07, 6.45) is 3.90. The van der Waals surface area contributed by atoms with E-state index < -0.39 is 5.91 Å². The first-order chi connectivity index (χ1) is 9.63. The molecular weight excluding hydrogens is 262 g/mol. The second-order valence-corrected chi connectivity index (χ2v) is 3.99. The molecule has 1 rings (SSSR count). The molecule has 0 bridgehead atoms. The van der Waals surface area contributed by atoms with Gasteiger partial charge in [0.25, 0.3) is 5.91 Å². The molecule has 0 unspecified atom stereocenters. The summed E-state index contributed by atoms with van der Waals surface area (Å²) in [6, 6.07) is 0. The van der Waals surface area contributed by atoms with Crippen LogP contribution in [0.25, 0.3) is 0 Å². The van der Waals surface area contributed by atoms with Gasteiger partial charge in [0, 0.05) is 13.1 Å². The van der Waals surface area contributed by atoms with Crippen LogP contribution < -0.4 is 16.4 Å². The lowest BCUT2D eigenvalue weighted by molar-refractivity contribution is -0.122. The molecule has 0 radical (unpaired) electrons. The molecule has 20 heavy (non-hydrogen) atoms. The number of rotatable bonds is 9. The van der Waals surface area contributed by atoms with E-state index >= 15 is 0 Å². The average Bonchev–Trinajstić information content (AvgIpc) is 2.44. The average molecular weight is 281 g/mol. The molecule has 2 amide bonds. The van der Waals surface area contributed by atoms with Crippen molar-refractivity contribution < 1.29 is 14.3 Å². The molecule has 0 aliphatic carbocycles. The van der Waals surface area contributed by atoms with Crippen LogP contribution in [0, 0.1) is 0 Å². The summed E-state index contributed by atoms with van der Waals surface area (Å²) in [4.78, 5) is 30.3. The second-order valence-electron chi connectivity index (χ2n) is 3.99. The topological polar surface area (TPSA) is 119 Å². The van der Waals surface area contributed by atoms with Crippen LogP contribution in [0.3, 0.4) is 0 Å². The molecule has 0 aromatic carbocycles. The third kappa shape index (κ3) is 6.10. The number of amides is 2. The minimum Gasteiger partial charge on any atom is -0.370 e. The van der Waals surface area contributed by atoms with Crippen molar-refractivity contribution in [1.82, 2.24) is 15.3 Å². The van der Waals surface area contributed by atoms with Gasteiger partial charge in [-0.2, -0.15) is 0 Å². The van der Waals surface area contributed by atoms with E-state index in [0.717, 1.165) is 13.0 Å². The first-order valence-corrected chi connectivity index (χ1v) is 6.33. The summed E-state index contributed by atoms with van der Waals surface area (Å²) in [5, 5.41) is 5.66. The van der Waals surface area contributed by atoms with E-state index in [2.05, 4.69) is 20.6 Å². The van der Waals surface area contributed by atoms with Gasteiger partial charge in [-0.15, -0.1) is 0 Å². The molecule has 0 aliphatic heterocycles. The zero-order valence-electron chi connectivity index (χ0n) is 11.4. The summed E-state index contributed by atoms with van der Waals surface area (Å²) in [5.41, 5.74) is 5.13. The number of nitrogens with zero attached hydrogens (tertiary/aromatic N) is 2. The lowest BCUT2D eigenvalue weighted by atomic mass is 10.4. The maximum absolute atomic E-state index is 11.8. The highest BCUT2D eigenvalue weighted by molar-refractivity contribution is 5.92. The molecule has 8 heteroatoms. The Hall–Kier alpha value is -2.22. The third-order valence-electron chi connectivity index (χ3n) is 2.20. The minimum absolute atomic E-state index is 0.161. The van der Waals surface area contributed by atoms with E-state index in [1.54, 1.807) is 6.20 Å². The van der Waals surface area contributed by atoms with E-state index in [4.69, 9.17) is 10.5 Å². The number of hydrogen-bond acceptors (Lipinski definition) is 6. The lowest BCUT2D eigenvalue weighted by Crippen LogP contribution is -2.29. The lowest BCUT2D eigenvalue weighted by Gasteiger charge is -2.07. The fourth-order valence-corrected chi connectivity index (χ4v) is 1.31. The van der Waals surface area contributed by atoms with Gasteiger partial charge in [-0.25, -0.2) is 4.98 Å². The number of hydrogen-bond donors (Lipinski definition) is 3. The smallest absolute Gasteiger partial charge is 0.271 e. The Morgan fingerprint density at radius 1 is 1.35 bits per heavy atom. The van der Waals surface area contributed by atoms with Crippen LogP contribution in [0.15, 0.2) is 12.4 Å². The predicted octanol–water partition coefficient (Wildman–Crippen LogP) is -0.470. The number of anilines is 1. The van der Waals surface area contributed by atoms with E-state index in [-0.39, 0.29) is 31.4 Å².